The third-order valence-electron chi connectivity index (χ3n) is 4.62. The number of aliphatic imine (C=N–C) groups is 1. The molecule has 166 valence electrons. The summed E-state index contributed by atoms with van der Waals surface area (Å²) in [5, 5.41) is 3.89. The molecule has 1 aromatic carbocycles. The number of hydrogen-bond donors (Lipinski definition) is 0. The molecule has 0 spiro atoms. The van der Waals surface area contributed by atoms with E-state index in [9.17, 15) is 9.59 Å². The molecule has 31 heavy (non-hydrogen) atoms. The molecule has 9 nitrogen and oxygen atoms in total. The summed E-state index contributed by atoms with van der Waals surface area (Å²) in [6.45, 7) is 3.70. The molecule has 0 saturated heterocycles. The lowest BCUT2D eigenvalue weighted by Gasteiger charge is -2.32. The third kappa shape index (κ3) is 5.77. The maximum Gasteiger partial charge on any atom is 0.336 e. The van der Waals surface area contributed by atoms with E-state index in [0.29, 0.717) is 11.3 Å². The molecular weight excluding hydrogens is 447 g/mol. The van der Waals surface area contributed by atoms with Gasteiger partial charge in [0.25, 0.3) is 0 Å². The van der Waals surface area contributed by atoms with Gasteiger partial charge >= 0.3 is 11.9 Å². The Bertz CT molecular complexity index is 957. The highest BCUT2D eigenvalue weighted by atomic mass is 35.5. The molecule has 0 saturated carbocycles. The standard InChI is InChI=1S/C20H22Cl2N4O5/c1-4-31-20(28)15-11(2)25-14(10-30-9-8-24-26-23)17(19(27)29-3)16(15)12-6-5-7-13(21)18(12)22/h5-7,15-16H,4,8-10H2,1-3H3. The lowest BCUT2D eigenvalue weighted by Crippen LogP contribution is -2.37. The normalized spacial score (nSPS) is 18.2. The minimum Gasteiger partial charge on any atom is -0.466 e. The highest BCUT2D eigenvalue weighted by Crippen LogP contribution is 2.44. The van der Waals surface area contributed by atoms with Gasteiger partial charge in [-0.25, -0.2) is 4.79 Å². The molecule has 0 radical (unpaired) electrons. The van der Waals surface area contributed by atoms with E-state index in [0.717, 1.165) is 0 Å². The van der Waals surface area contributed by atoms with Crippen LogP contribution in [0, 0.1) is 5.92 Å². The number of rotatable bonds is 9. The Balaban J connectivity index is 2.63. The van der Waals surface area contributed by atoms with E-state index in [1.807, 2.05) is 0 Å². The fraction of sp³-hybridized carbons (Fsp3) is 0.450. The molecule has 1 aromatic rings. The molecule has 2 atom stereocenters. The highest BCUT2D eigenvalue weighted by Gasteiger charge is 2.44. The van der Waals surface area contributed by atoms with Crippen molar-refractivity contribution in [2.45, 2.75) is 19.8 Å². The van der Waals surface area contributed by atoms with E-state index in [1.165, 1.54) is 7.11 Å². The third-order valence-corrected chi connectivity index (χ3v) is 5.45. The Labute approximate surface area is 189 Å². The second kappa shape index (κ2) is 11.7. The summed E-state index contributed by atoms with van der Waals surface area (Å²) in [4.78, 5) is 32.8. The first-order valence-electron chi connectivity index (χ1n) is 9.42. The summed E-state index contributed by atoms with van der Waals surface area (Å²) in [5.74, 6) is -2.97. The van der Waals surface area contributed by atoms with Crippen molar-refractivity contribution in [2.24, 2.45) is 16.0 Å². The van der Waals surface area contributed by atoms with Crippen molar-refractivity contribution >= 4 is 40.9 Å². The van der Waals surface area contributed by atoms with Crippen LogP contribution in [0.4, 0.5) is 0 Å². The van der Waals surface area contributed by atoms with E-state index in [-0.39, 0.29) is 47.7 Å². The van der Waals surface area contributed by atoms with Gasteiger partial charge in [-0.1, -0.05) is 40.4 Å². The summed E-state index contributed by atoms with van der Waals surface area (Å²) in [5.41, 5.74) is 9.68. The van der Waals surface area contributed by atoms with Crippen molar-refractivity contribution in [3.63, 3.8) is 0 Å². The first-order valence-corrected chi connectivity index (χ1v) is 10.2. The molecule has 2 unspecified atom stereocenters. The molecule has 1 heterocycles. The van der Waals surface area contributed by atoms with Gasteiger partial charge in [0.1, 0.15) is 5.92 Å². The lowest BCUT2D eigenvalue weighted by atomic mass is 9.75. The summed E-state index contributed by atoms with van der Waals surface area (Å²) in [6.07, 6.45) is 0. The smallest absolute Gasteiger partial charge is 0.336 e. The van der Waals surface area contributed by atoms with Gasteiger partial charge in [0.05, 0.1) is 48.2 Å². The van der Waals surface area contributed by atoms with Crippen molar-refractivity contribution in [2.75, 3.05) is 33.5 Å². The topological polar surface area (TPSA) is 123 Å². The average molecular weight is 469 g/mol. The molecule has 1 aliphatic rings. The highest BCUT2D eigenvalue weighted by molar-refractivity contribution is 6.42. The number of ether oxygens (including phenoxy) is 3. The predicted octanol–water partition coefficient (Wildman–Crippen LogP) is 4.48. The largest absolute Gasteiger partial charge is 0.466 e. The minimum absolute atomic E-state index is 0.0625. The van der Waals surface area contributed by atoms with Gasteiger partial charge in [-0.3, -0.25) is 9.79 Å². The van der Waals surface area contributed by atoms with Gasteiger partial charge in [0.15, 0.2) is 0 Å². The van der Waals surface area contributed by atoms with E-state index >= 15 is 0 Å². The zero-order valence-electron chi connectivity index (χ0n) is 17.3. The van der Waals surface area contributed by atoms with E-state index in [2.05, 4.69) is 15.0 Å². The van der Waals surface area contributed by atoms with Crippen LogP contribution in [0.15, 0.2) is 39.6 Å². The molecule has 11 heteroatoms. The van der Waals surface area contributed by atoms with Crippen LogP contribution in [-0.4, -0.2) is 51.1 Å². The van der Waals surface area contributed by atoms with Crippen LogP contribution in [0.25, 0.3) is 10.4 Å². The minimum atomic E-state index is -0.906. The fourth-order valence-electron chi connectivity index (χ4n) is 3.35. The molecule has 2 rings (SSSR count). The molecule has 1 aliphatic heterocycles. The number of benzene rings is 1. The Morgan fingerprint density at radius 1 is 1.32 bits per heavy atom. The zero-order chi connectivity index (χ0) is 23.0. The van der Waals surface area contributed by atoms with Crippen LogP contribution in [0.2, 0.25) is 10.0 Å². The number of nitrogens with zero attached hydrogens (tertiary/aromatic N) is 4. The molecule has 0 aliphatic carbocycles. The summed E-state index contributed by atoms with van der Waals surface area (Å²) >= 11 is 12.7. The zero-order valence-corrected chi connectivity index (χ0v) is 18.8. The van der Waals surface area contributed by atoms with Crippen molar-refractivity contribution in [1.82, 2.24) is 0 Å². The molecular formula is C20H22Cl2N4O5. The van der Waals surface area contributed by atoms with Gasteiger partial charge in [-0.05, 0) is 31.0 Å². The number of carbonyl (C=O) groups is 2. The van der Waals surface area contributed by atoms with Gasteiger partial charge < -0.3 is 14.2 Å². The number of esters is 2. The second-order valence-corrected chi connectivity index (χ2v) is 7.25. The van der Waals surface area contributed by atoms with Crippen LogP contribution < -0.4 is 0 Å². The van der Waals surface area contributed by atoms with Crippen molar-refractivity contribution in [1.29, 1.82) is 0 Å². The van der Waals surface area contributed by atoms with Crippen LogP contribution in [0.1, 0.15) is 25.3 Å². The van der Waals surface area contributed by atoms with Crippen LogP contribution in [0.3, 0.4) is 0 Å². The van der Waals surface area contributed by atoms with Gasteiger partial charge in [0.2, 0.25) is 0 Å². The van der Waals surface area contributed by atoms with Gasteiger partial charge in [-0.2, -0.15) is 0 Å². The number of azide groups is 1. The Morgan fingerprint density at radius 2 is 2.06 bits per heavy atom. The maximum absolute atomic E-state index is 12.9. The van der Waals surface area contributed by atoms with Crippen LogP contribution in [-0.2, 0) is 23.8 Å². The summed E-state index contributed by atoms with van der Waals surface area (Å²) in [7, 11) is 1.23. The van der Waals surface area contributed by atoms with Crippen LogP contribution >= 0.6 is 23.2 Å². The first-order chi connectivity index (χ1) is 14.9. The number of halogens is 2. The summed E-state index contributed by atoms with van der Waals surface area (Å²) < 4.78 is 15.8. The Kier molecular flexibility index (Phi) is 9.33. The van der Waals surface area contributed by atoms with E-state index in [1.54, 1.807) is 32.0 Å². The predicted molar refractivity (Wildman–Crippen MR) is 116 cm³/mol. The van der Waals surface area contributed by atoms with E-state index < -0.39 is 23.8 Å². The number of methoxy groups -OCH3 is 1. The van der Waals surface area contributed by atoms with Gasteiger partial charge in [0, 0.05) is 23.1 Å². The lowest BCUT2D eigenvalue weighted by molar-refractivity contribution is -0.146. The van der Waals surface area contributed by atoms with Crippen molar-refractivity contribution < 1.29 is 23.8 Å². The molecule has 0 amide bonds. The fourth-order valence-corrected chi connectivity index (χ4v) is 3.77. The number of hydrogen-bond acceptors (Lipinski definition) is 7. The molecule has 0 aromatic heterocycles. The average Bonchev–Trinajstić information content (AvgIpc) is 2.74. The monoisotopic (exact) mass is 468 g/mol. The van der Waals surface area contributed by atoms with E-state index in [4.69, 9.17) is 42.9 Å². The second-order valence-electron chi connectivity index (χ2n) is 6.46. The Hall–Kier alpha value is -2.58. The quantitative estimate of drug-likeness (QED) is 0.173. The molecule has 0 N–H and O–H groups in total. The number of carbonyl (C=O) groups excluding carboxylic acids is 2. The molecule has 0 bridgehead atoms. The molecule has 0 fully saturated rings. The van der Waals surface area contributed by atoms with Crippen molar-refractivity contribution in [3.8, 4) is 0 Å². The maximum atomic E-state index is 12.9. The summed E-state index contributed by atoms with van der Waals surface area (Å²) in [6, 6.07) is 4.97. The first kappa shape index (κ1) is 24.7. The van der Waals surface area contributed by atoms with Gasteiger partial charge in [-0.15, -0.1) is 0 Å². The van der Waals surface area contributed by atoms with Crippen molar-refractivity contribution in [3.05, 3.63) is 55.5 Å². The van der Waals surface area contributed by atoms with Crippen LogP contribution in [0.5, 0.6) is 0 Å². The Morgan fingerprint density at radius 3 is 2.71 bits per heavy atom. The SMILES string of the molecule is CCOC(=O)C1C(C)=NC(COCCN=[N+]=[N-])=C(C(=O)OC)C1c1cccc(Cl)c1Cl.